The van der Waals surface area contributed by atoms with Crippen LogP contribution in [0.2, 0.25) is 0 Å². The highest BCUT2D eigenvalue weighted by Crippen LogP contribution is 2.14. The Morgan fingerprint density at radius 3 is 2.33 bits per heavy atom. The van der Waals surface area contributed by atoms with Crippen LogP contribution in [0.15, 0.2) is 24.3 Å². The molecule has 2 N–H and O–H groups in total. The predicted octanol–water partition coefficient (Wildman–Crippen LogP) is 2.72. The molecule has 0 amide bonds. The maximum absolute atomic E-state index is 9.09. The number of aliphatic hydroxyl groups is 1. The van der Waals surface area contributed by atoms with Crippen molar-refractivity contribution in [3.63, 3.8) is 0 Å². The topological polar surface area (TPSA) is 41.5 Å². The molecule has 18 heavy (non-hydrogen) atoms. The quantitative estimate of drug-likeness (QED) is 0.746. The second-order valence-electron chi connectivity index (χ2n) is 4.65. The monoisotopic (exact) mass is 251 g/mol. The van der Waals surface area contributed by atoms with E-state index in [-0.39, 0.29) is 18.8 Å². The normalized spacial score (nSPS) is 14.2. The van der Waals surface area contributed by atoms with Crippen LogP contribution in [0.3, 0.4) is 0 Å². The molecule has 2 atom stereocenters. The zero-order chi connectivity index (χ0) is 13.4. The maximum Gasteiger partial charge on any atom is 0.119 e. The van der Waals surface area contributed by atoms with Crippen molar-refractivity contribution < 1.29 is 9.84 Å². The van der Waals surface area contributed by atoms with E-state index in [2.05, 4.69) is 38.2 Å². The minimum atomic E-state index is 0.182. The molecule has 2 unspecified atom stereocenters. The minimum absolute atomic E-state index is 0.182. The zero-order valence-electron chi connectivity index (χ0n) is 11.6. The van der Waals surface area contributed by atoms with Gasteiger partial charge in [-0.05, 0) is 37.5 Å². The molecule has 0 aliphatic rings. The van der Waals surface area contributed by atoms with Crippen molar-refractivity contribution in [3.05, 3.63) is 29.8 Å². The van der Waals surface area contributed by atoms with Gasteiger partial charge < -0.3 is 15.2 Å². The van der Waals surface area contributed by atoms with Gasteiger partial charge in [0.2, 0.25) is 0 Å². The van der Waals surface area contributed by atoms with Gasteiger partial charge in [0.05, 0.1) is 12.7 Å². The first kappa shape index (κ1) is 15.0. The van der Waals surface area contributed by atoms with Gasteiger partial charge in [0, 0.05) is 12.6 Å². The summed E-state index contributed by atoms with van der Waals surface area (Å²) in [6.45, 7) is 7.22. The van der Waals surface area contributed by atoms with E-state index in [4.69, 9.17) is 9.84 Å². The summed E-state index contributed by atoms with van der Waals surface area (Å²) in [5.74, 6) is 0.919. The van der Waals surface area contributed by atoms with Crippen LogP contribution in [0.1, 0.15) is 39.2 Å². The number of nitrogens with one attached hydrogen (secondary N) is 1. The van der Waals surface area contributed by atoms with Crippen molar-refractivity contribution in [1.82, 2.24) is 5.32 Å². The van der Waals surface area contributed by atoms with Gasteiger partial charge >= 0.3 is 0 Å². The van der Waals surface area contributed by atoms with E-state index in [1.807, 2.05) is 12.1 Å². The fraction of sp³-hybridized carbons (Fsp3) is 0.600. The summed E-state index contributed by atoms with van der Waals surface area (Å²) in [7, 11) is 0. The molecule has 0 aliphatic carbocycles. The lowest BCUT2D eigenvalue weighted by Gasteiger charge is -2.15. The van der Waals surface area contributed by atoms with E-state index in [1.54, 1.807) is 0 Å². The van der Waals surface area contributed by atoms with Gasteiger partial charge in [-0.1, -0.05) is 26.0 Å². The summed E-state index contributed by atoms with van der Waals surface area (Å²) in [6, 6.07) is 8.32. The Balaban J connectivity index is 2.45. The zero-order valence-corrected chi connectivity index (χ0v) is 11.6. The molecule has 1 rings (SSSR count). The van der Waals surface area contributed by atoms with E-state index in [9.17, 15) is 0 Å². The number of benzene rings is 1. The van der Waals surface area contributed by atoms with Gasteiger partial charge in [-0.25, -0.2) is 0 Å². The van der Waals surface area contributed by atoms with Gasteiger partial charge in [-0.15, -0.1) is 0 Å². The number of hydrogen-bond acceptors (Lipinski definition) is 3. The highest BCUT2D eigenvalue weighted by atomic mass is 16.5. The molecule has 0 aromatic heterocycles. The van der Waals surface area contributed by atoms with Gasteiger partial charge in [0.15, 0.2) is 0 Å². The van der Waals surface area contributed by atoms with E-state index in [1.165, 1.54) is 5.56 Å². The van der Waals surface area contributed by atoms with Crippen LogP contribution < -0.4 is 10.1 Å². The van der Waals surface area contributed by atoms with Gasteiger partial charge in [0.1, 0.15) is 5.75 Å². The lowest BCUT2D eigenvalue weighted by Crippen LogP contribution is -2.31. The van der Waals surface area contributed by atoms with E-state index in [0.717, 1.165) is 25.1 Å². The third-order valence-corrected chi connectivity index (χ3v) is 3.14. The number of hydrogen-bond donors (Lipinski definition) is 2. The molecule has 3 heteroatoms. The van der Waals surface area contributed by atoms with Crippen molar-refractivity contribution >= 4 is 0 Å². The van der Waals surface area contributed by atoms with Crippen molar-refractivity contribution in [2.24, 2.45) is 0 Å². The van der Waals surface area contributed by atoms with E-state index >= 15 is 0 Å². The second kappa shape index (κ2) is 8.11. The molecule has 0 spiro atoms. The average molecular weight is 251 g/mol. The Labute approximate surface area is 110 Å². The molecule has 0 fully saturated rings. The Morgan fingerprint density at radius 2 is 1.83 bits per heavy atom. The molecule has 0 aliphatic heterocycles. The first-order valence-electron chi connectivity index (χ1n) is 6.79. The smallest absolute Gasteiger partial charge is 0.119 e. The van der Waals surface area contributed by atoms with Gasteiger partial charge in [-0.3, -0.25) is 0 Å². The summed E-state index contributed by atoms with van der Waals surface area (Å²) in [5, 5.41) is 12.4. The largest absolute Gasteiger partial charge is 0.491 e. The Bertz CT molecular complexity index is 320. The van der Waals surface area contributed by atoms with E-state index < -0.39 is 0 Å². The summed E-state index contributed by atoms with van der Waals surface area (Å²) in [6.07, 6.45) is 2.21. The van der Waals surface area contributed by atoms with Crippen LogP contribution >= 0.6 is 0 Å². The summed E-state index contributed by atoms with van der Waals surface area (Å²) < 4.78 is 5.73. The Morgan fingerprint density at radius 1 is 1.17 bits per heavy atom. The molecular formula is C15H25NO2. The standard InChI is InChI=1S/C15H25NO2/c1-4-12(3)18-15-8-6-13(7-9-15)10-16-14(5-2)11-17/h6-9,12,14,16-17H,4-5,10-11H2,1-3H3. The van der Waals surface area contributed by atoms with Crippen molar-refractivity contribution in [1.29, 1.82) is 0 Å². The highest BCUT2D eigenvalue weighted by Gasteiger charge is 2.04. The van der Waals surface area contributed by atoms with Crippen molar-refractivity contribution in [2.75, 3.05) is 6.61 Å². The molecule has 0 radical (unpaired) electrons. The lowest BCUT2D eigenvalue weighted by molar-refractivity contribution is 0.217. The molecule has 0 saturated heterocycles. The predicted molar refractivity (Wildman–Crippen MR) is 74.8 cm³/mol. The fourth-order valence-electron chi connectivity index (χ4n) is 1.60. The molecule has 1 aromatic rings. The summed E-state index contributed by atoms with van der Waals surface area (Å²) >= 11 is 0. The third kappa shape index (κ3) is 5.07. The Kier molecular flexibility index (Phi) is 6.76. The molecule has 0 bridgehead atoms. The molecule has 102 valence electrons. The number of aliphatic hydroxyl groups excluding tert-OH is 1. The number of rotatable bonds is 8. The molecular weight excluding hydrogens is 226 g/mol. The SMILES string of the molecule is CCC(CO)NCc1ccc(OC(C)CC)cc1. The molecule has 1 aromatic carbocycles. The first-order chi connectivity index (χ1) is 8.69. The molecule has 0 heterocycles. The average Bonchev–Trinajstić information content (AvgIpc) is 2.41. The van der Waals surface area contributed by atoms with Crippen molar-refractivity contribution in [2.45, 2.75) is 52.3 Å². The summed E-state index contributed by atoms with van der Waals surface area (Å²) in [5.41, 5.74) is 1.21. The van der Waals surface area contributed by atoms with Crippen LogP contribution in [-0.2, 0) is 6.54 Å². The fourth-order valence-corrected chi connectivity index (χ4v) is 1.60. The minimum Gasteiger partial charge on any atom is -0.491 e. The Hall–Kier alpha value is -1.06. The van der Waals surface area contributed by atoms with Crippen LogP contribution in [-0.4, -0.2) is 23.9 Å². The third-order valence-electron chi connectivity index (χ3n) is 3.14. The second-order valence-corrected chi connectivity index (χ2v) is 4.65. The van der Waals surface area contributed by atoms with Crippen molar-refractivity contribution in [3.8, 4) is 5.75 Å². The number of ether oxygens (including phenoxy) is 1. The molecule has 3 nitrogen and oxygen atoms in total. The highest BCUT2D eigenvalue weighted by molar-refractivity contribution is 5.27. The molecule has 0 saturated carbocycles. The van der Waals surface area contributed by atoms with Crippen LogP contribution in [0.5, 0.6) is 5.75 Å². The summed E-state index contributed by atoms with van der Waals surface area (Å²) in [4.78, 5) is 0. The van der Waals surface area contributed by atoms with Crippen LogP contribution in [0.25, 0.3) is 0 Å². The van der Waals surface area contributed by atoms with Gasteiger partial charge in [-0.2, -0.15) is 0 Å². The van der Waals surface area contributed by atoms with E-state index in [0.29, 0.717) is 0 Å². The van der Waals surface area contributed by atoms with Gasteiger partial charge in [0.25, 0.3) is 0 Å². The van der Waals surface area contributed by atoms with Crippen LogP contribution in [0, 0.1) is 0 Å². The maximum atomic E-state index is 9.09. The lowest BCUT2D eigenvalue weighted by atomic mass is 10.2. The first-order valence-corrected chi connectivity index (χ1v) is 6.79. The van der Waals surface area contributed by atoms with Crippen LogP contribution in [0.4, 0.5) is 0 Å².